The Hall–Kier alpha value is -0.770. The lowest BCUT2D eigenvalue weighted by Gasteiger charge is -2.19. The van der Waals surface area contributed by atoms with Gasteiger partial charge in [-0.2, -0.15) is 0 Å². The van der Waals surface area contributed by atoms with Gasteiger partial charge in [0.15, 0.2) is 5.96 Å². The molecule has 8 heteroatoms. The number of carbonyl (C=O) groups excluding carboxylic acids is 1. The first-order chi connectivity index (χ1) is 10.6. The molecule has 1 saturated carbocycles. The molecule has 1 rings (SSSR count). The van der Waals surface area contributed by atoms with Gasteiger partial charge in [-0.15, -0.1) is 24.0 Å². The van der Waals surface area contributed by atoms with Crippen LogP contribution in [0.1, 0.15) is 33.6 Å². The molecule has 7 nitrogen and oxygen atoms in total. The number of methoxy groups -OCH3 is 1. The van der Waals surface area contributed by atoms with Gasteiger partial charge in [0.1, 0.15) is 0 Å². The summed E-state index contributed by atoms with van der Waals surface area (Å²) in [6.45, 7) is 8.17. The molecule has 0 aromatic heterocycles. The summed E-state index contributed by atoms with van der Waals surface area (Å²) in [4.78, 5) is 16.2. The van der Waals surface area contributed by atoms with E-state index >= 15 is 0 Å². The van der Waals surface area contributed by atoms with E-state index in [1.807, 2.05) is 13.8 Å². The molecule has 2 atom stereocenters. The normalized spacial score (nSPS) is 16.8. The van der Waals surface area contributed by atoms with Crippen molar-refractivity contribution in [2.75, 3.05) is 33.4 Å². The van der Waals surface area contributed by atoms with Crippen molar-refractivity contribution in [3.8, 4) is 0 Å². The van der Waals surface area contributed by atoms with Gasteiger partial charge in [-0.05, 0) is 39.5 Å². The van der Waals surface area contributed by atoms with Crippen molar-refractivity contribution in [2.24, 2.45) is 10.9 Å². The summed E-state index contributed by atoms with van der Waals surface area (Å²) in [5.41, 5.74) is 0. The molecular weight excluding hydrogens is 411 g/mol. The Balaban J connectivity index is 0.00000484. The zero-order valence-electron chi connectivity index (χ0n) is 14.6. The van der Waals surface area contributed by atoms with Crippen molar-refractivity contribution in [3.63, 3.8) is 0 Å². The first kappa shape index (κ1) is 22.2. The van der Waals surface area contributed by atoms with Crippen LogP contribution in [-0.4, -0.2) is 57.5 Å². The van der Waals surface area contributed by atoms with E-state index in [1.165, 1.54) is 0 Å². The van der Waals surface area contributed by atoms with Crippen LogP contribution in [0.15, 0.2) is 4.99 Å². The van der Waals surface area contributed by atoms with Gasteiger partial charge in [0, 0.05) is 19.7 Å². The predicted molar refractivity (Wildman–Crippen MR) is 103 cm³/mol. The number of rotatable bonds is 9. The van der Waals surface area contributed by atoms with E-state index < -0.39 is 0 Å². The molecule has 136 valence electrons. The molecule has 0 aromatic carbocycles. The largest absolute Gasteiger partial charge is 0.450 e. The van der Waals surface area contributed by atoms with Crippen LogP contribution in [0.5, 0.6) is 0 Å². The first-order valence-corrected chi connectivity index (χ1v) is 8.07. The molecule has 2 unspecified atom stereocenters. The van der Waals surface area contributed by atoms with E-state index in [9.17, 15) is 4.79 Å². The lowest BCUT2D eigenvalue weighted by molar-refractivity contribution is 0.147. The maximum Gasteiger partial charge on any atom is 0.407 e. The summed E-state index contributed by atoms with van der Waals surface area (Å²) in [5.74, 6) is 1.25. The van der Waals surface area contributed by atoms with Crippen LogP contribution in [0.2, 0.25) is 0 Å². The van der Waals surface area contributed by atoms with Crippen molar-refractivity contribution in [1.29, 1.82) is 0 Å². The minimum absolute atomic E-state index is 0. The number of ether oxygens (including phenoxy) is 2. The van der Waals surface area contributed by atoms with E-state index in [1.54, 1.807) is 14.0 Å². The Morgan fingerprint density at radius 2 is 2.00 bits per heavy atom. The number of guanidine groups is 1. The third-order valence-corrected chi connectivity index (χ3v) is 3.36. The van der Waals surface area contributed by atoms with Gasteiger partial charge in [-0.3, -0.25) is 4.99 Å². The van der Waals surface area contributed by atoms with Gasteiger partial charge in [0.2, 0.25) is 0 Å². The number of carbonyl (C=O) groups is 1. The fourth-order valence-electron chi connectivity index (χ4n) is 2.17. The van der Waals surface area contributed by atoms with Crippen LogP contribution in [-0.2, 0) is 9.47 Å². The first-order valence-electron chi connectivity index (χ1n) is 8.07. The highest BCUT2D eigenvalue weighted by Crippen LogP contribution is 2.32. The van der Waals surface area contributed by atoms with Crippen LogP contribution in [0.3, 0.4) is 0 Å². The third kappa shape index (κ3) is 9.85. The zero-order valence-corrected chi connectivity index (χ0v) is 16.9. The molecular formula is C15H31IN4O3. The number of nitrogens with zero attached hydrogens (tertiary/aromatic N) is 1. The minimum atomic E-state index is -0.361. The SMILES string of the molecule is CCNC(=NCC(NC(=O)OCC)C1CC1)NC(C)COC.I. The lowest BCUT2D eigenvalue weighted by atomic mass is 10.2. The molecule has 0 bridgehead atoms. The minimum Gasteiger partial charge on any atom is -0.450 e. The second kappa shape index (κ2) is 12.6. The molecule has 1 aliphatic rings. The number of alkyl carbamates (subject to hydrolysis) is 1. The second-order valence-electron chi connectivity index (χ2n) is 5.53. The lowest BCUT2D eigenvalue weighted by Crippen LogP contribution is -2.45. The van der Waals surface area contributed by atoms with Crippen molar-refractivity contribution in [3.05, 3.63) is 0 Å². The predicted octanol–water partition coefficient (Wildman–Crippen LogP) is 1.72. The van der Waals surface area contributed by atoms with Gasteiger partial charge >= 0.3 is 6.09 Å². The maximum atomic E-state index is 11.6. The van der Waals surface area contributed by atoms with E-state index in [2.05, 4.69) is 20.9 Å². The number of hydrogen-bond donors (Lipinski definition) is 3. The molecule has 1 fully saturated rings. The summed E-state index contributed by atoms with van der Waals surface area (Å²) in [7, 11) is 1.68. The highest BCUT2D eigenvalue weighted by molar-refractivity contribution is 14.0. The van der Waals surface area contributed by atoms with Crippen molar-refractivity contribution >= 4 is 36.0 Å². The molecule has 0 spiro atoms. The Morgan fingerprint density at radius 1 is 1.30 bits per heavy atom. The Morgan fingerprint density at radius 3 is 2.52 bits per heavy atom. The molecule has 0 aliphatic heterocycles. The van der Waals surface area contributed by atoms with E-state index in [0.717, 1.165) is 25.3 Å². The average Bonchev–Trinajstić information content (AvgIpc) is 3.28. The van der Waals surface area contributed by atoms with Crippen LogP contribution < -0.4 is 16.0 Å². The molecule has 3 N–H and O–H groups in total. The quantitative estimate of drug-likeness (QED) is 0.288. The fraction of sp³-hybridized carbons (Fsp3) is 0.867. The summed E-state index contributed by atoms with van der Waals surface area (Å²) in [5, 5.41) is 9.39. The zero-order chi connectivity index (χ0) is 16.4. The van der Waals surface area contributed by atoms with Crippen LogP contribution >= 0.6 is 24.0 Å². The summed E-state index contributed by atoms with van der Waals surface area (Å²) >= 11 is 0. The van der Waals surface area contributed by atoms with Crippen molar-refractivity contribution in [1.82, 2.24) is 16.0 Å². The Bertz CT molecular complexity index is 365. The number of hydrogen-bond acceptors (Lipinski definition) is 4. The van der Waals surface area contributed by atoms with Gasteiger partial charge in [-0.25, -0.2) is 4.79 Å². The summed E-state index contributed by atoms with van der Waals surface area (Å²) in [6, 6.07) is 0.201. The van der Waals surface area contributed by atoms with Crippen LogP contribution in [0, 0.1) is 5.92 Å². The number of halogens is 1. The molecule has 0 radical (unpaired) electrons. The van der Waals surface area contributed by atoms with Crippen LogP contribution in [0.25, 0.3) is 0 Å². The van der Waals surface area contributed by atoms with Gasteiger partial charge in [0.25, 0.3) is 0 Å². The smallest absolute Gasteiger partial charge is 0.407 e. The second-order valence-corrected chi connectivity index (χ2v) is 5.53. The highest BCUT2D eigenvalue weighted by Gasteiger charge is 2.32. The Labute approximate surface area is 156 Å². The molecule has 1 amide bonds. The number of aliphatic imine (C=N–C) groups is 1. The Kier molecular flexibility index (Phi) is 12.2. The van der Waals surface area contributed by atoms with E-state index in [4.69, 9.17) is 9.47 Å². The van der Waals surface area contributed by atoms with Crippen molar-refractivity contribution < 1.29 is 14.3 Å². The van der Waals surface area contributed by atoms with E-state index in [0.29, 0.717) is 25.7 Å². The number of amides is 1. The topological polar surface area (TPSA) is 84.0 Å². The van der Waals surface area contributed by atoms with Crippen LogP contribution in [0.4, 0.5) is 4.79 Å². The number of nitrogens with one attached hydrogen (secondary N) is 3. The van der Waals surface area contributed by atoms with Gasteiger partial charge < -0.3 is 25.4 Å². The fourth-order valence-corrected chi connectivity index (χ4v) is 2.17. The highest BCUT2D eigenvalue weighted by atomic mass is 127. The third-order valence-electron chi connectivity index (χ3n) is 3.36. The molecule has 23 heavy (non-hydrogen) atoms. The van der Waals surface area contributed by atoms with Crippen molar-refractivity contribution in [2.45, 2.75) is 45.7 Å². The maximum absolute atomic E-state index is 11.6. The summed E-state index contributed by atoms with van der Waals surface area (Å²) in [6.07, 6.45) is 1.91. The van der Waals surface area contributed by atoms with Gasteiger partial charge in [-0.1, -0.05) is 0 Å². The van der Waals surface area contributed by atoms with E-state index in [-0.39, 0.29) is 42.2 Å². The summed E-state index contributed by atoms with van der Waals surface area (Å²) < 4.78 is 10.1. The standard InChI is InChI=1S/C15H30N4O3.HI/c1-5-16-14(18-11(3)10-21-4)17-9-13(12-7-8-12)19-15(20)22-6-2;/h11-13H,5-10H2,1-4H3,(H,19,20)(H2,16,17,18);1H. The van der Waals surface area contributed by atoms with Gasteiger partial charge in [0.05, 0.1) is 25.8 Å². The molecule has 1 aliphatic carbocycles. The monoisotopic (exact) mass is 442 g/mol. The molecule has 0 saturated heterocycles. The molecule has 0 heterocycles. The molecule has 0 aromatic rings. The average molecular weight is 442 g/mol.